The third-order valence-electron chi connectivity index (χ3n) is 3.43. The van der Waals surface area contributed by atoms with Crippen molar-refractivity contribution in [2.75, 3.05) is 32.7 Å². The van der Waals surface area contributed by atoms with Crippen molar-refractivity contribution in [3.05, 3.63) is 34.1 Å². The van der Waals surface area contributed by atoms with E-state index >= 15 is 0 Å². The molecule has 0 bridgehead atoms. The molecule has 1 amide bonds. The quantitative estimate of drug-likeness (QED) is 0.899. The molecule has 116 valence electrons. The van der Waals surface area contributed by atoms with Crippen LogP contribution in [-0.4, -0.2) is 59.1 Å². The van der Waals surface area contributed by atoms with Gasteiger partial charge in [0.05, 0.1) is 11.2 Å². The van der Waals surface area contributed by atoms with Crippen LogP contribution in [0.2, 0.25) is 0 Å². The fraction of sp³-hybridized carbons (Fsp3) is 0.533. The van der Waals surface area contributed by atoms with Crippen LogP contribution in [0.25, 0.3) is 0 Å². The number of nitrogens with zero attached hydrogens (tertiary/aromatic N) is 2. The lowest BCUT2D eigenvalue weighted by molar-refractivity contribution is 0.0178. The molecule has 1 N–H and O–H groups in total. The molecule has 0 radical (unpaired) electrons. The first kappa shape index (κ1) is 16.4. The van der Waals surface area contributed by atoms with Crippen LogP contribution in [0.1, 0.15) is 24.2 Å². The first-order chi connectivity index (χ1) is 9.76. The SMILES string of the molecule is CC(C)(O)CN1CCN(C(=O)c2ccc(Br)cc2F)CC1. The highest BCUT2D eigenvalue weighted by molar-refractivity contribution is 9.10. The fourth-order valence-electron chi connectivity index (χ4n) is 2.49. The lowest BCUT2D eigenvalue weighted by Gasteiger charge is -2.37. The van der Waals surface area contributed by atoms with Crippen molar-refractivity contribution in [1.82, 2.24) is 9.80 Å². The van der Waals surface area contributed by atoms with E-state index in [-0.39, 0.29) is 11.5 Å². The van der Waals surface area contributed by atoms with Crippen molar-refractivity contribution < 1.29 is 14.3 Å². The molecule has 0 atom stereocenters. The van der Waals surface area contributed by atoms with Gasteiger partial charge in [-0.1, -0.05) is 15.9 Å². The molecule has 1 aliphatic rings. The summed E-state index contributed by atoms with van der Waals surface area (Å²) in [4.78, 5) is 16.1. The summed E-state index contributed by atoms with van der Waals surface area (Å²) >= 11 is 3.18. The Bertz CT molecular complexity index is 523. The van der Waals surface area contributed by atoms with Gasteiger partial charge in [0.1, 0.15) is 5.82 Å². The van der Waals surface area contributed by atoms with Gasteiger partial charge in [-0.3, -0.25) is 9.69 Å². The highest BCUT2D eigenvalue weighted by Gasteiger charge is 2.26. The van der Waals surface area contributed by atoms with Gasteiger partial charge in [-0.15, -0.1) is 0 Å². The predicted molar refractivity (Wildman–Crippen MR) is 82.7 cm³/mol. The Labute approximate surface area is 132 Å². The van der Waals surface area contributed by atoms with Crippen LogP contribution in [0.4, 0.5) is 4.39 Å². The molecular formula is C15H20BrFN2O2. The maximum absolute atomic E-state index is 13.8. The Balaban J connectivity index is 1.97. The van der Waals surface area contributed by atoms with E-state index in [0.29, 0.717) is 37.2 Å². The van der Waals surface area contributed by atoms with E-state index in [1.54, 1.807) is 24.8 Å². The lowest BCUT2D eigenvalue weighted by Crippen LogP contribution is -2.52. The molecular weight excluding hydrogens is 339 g/mol. The van der Waals surface area contributed by atoms with Gasteiger partial charge in [0.25, 0.3) is 5.91 Å². The monoisotopic (exact) mass is 358 g/mol. The lowest BCUT2D eigenvalue weighted by atomic mass is 10.1. The summed E-state index contributed by atoms with van der Waals surface area (Å²) in [6.45, 7) is 6.57. The summed E-state index contributed by atoms with van der Waals surface area (Å²) in [6, 6.07) is 4.48. The normalized spacial score (nSPS) is 17.1. The molecule has 1 fully saturated rings. The molecule has 6 heteroatoms. The number of aliphatic hydroxyl groups is 1. The number of β-amino-alcohol motifs (C(OH)–C–C–N with tert-alkyl or cyclic N) is 1. The van der Waals surface area contributed by atoms with Gasteiger partial charge >= 0.3 is 0 Å². The Morgan fingerprint density at radius 1 is 1.33 bits per heavy atom. The summed E-state index contributed by atoms with van der Waals surface area (Å²) < 4.78 is 14.5. The number of piperazine rings is 1. The molecule has 4 nitrogen and oxygen atoms in total. The van der Waals surface area contributed by atoms with Crippen molar-refractivity contribution in [3.63, 3.8) is 0 Å². The maximum atomic E-state index is 13.8. The number of hydrogen-bond acceptors (Lipinski definition) is 3. The number of carbonyl (C=O) groups is 1. The average Bonchev–Trinajstić information content (AvgIpc) is 2.37. The van der Waals surface area contributed by atoms with Crippen LogP contribution in [-0.2, 0) is 0 Å². The Hall–Kier alpha value is -0.980. The average molecular weight is 359 g/mol. The van der Waals surface area contributed by atoms with Crippen LogP contribution in [0, 0.1) is 5.82 Å². The summed E-state index contributed by atoms with van der Waals surface area (Å²) in [7, 11) is 0. The first-order valence-electron chi connectivity index (χ1n) is 6.95. The summed E-state index contributed by atoms with van der Waals surface area (Å²) in [5.74, 6) is -0.781. The van der Waals surface area contributed by atoms with E-state index in [1.165, 1.54) is 12.1 Å². The van der Waals surface area contributed by atoms with E-state index < -0.39 is 11.4 Å². The van der Waals surface area contributed by atoms with Crippen molar-refractivity contribution in [3.8, 4) is 0 Å². The van der Waals surface area contributed by atoms with Gasteiger partial charge in [0.2, 0.25) is 0 Å². The zero-order valence-electron chi connectivity index (χ0n) is 12.3. The predicted octanol–water partition coefficient (Wildman–Crippen LogP) is 2.12. The second-order valence-electron chi connectivity index (χ2n) is 6.00. The number of benzene rings is 1. The third kappa shape index (κ3) is 4.49. The summed E-state index contributed by atoms with van der Waals surface area (Å²) in [5, 5.41) is 9.81. The molecule has 21 heavy (non-hydrogen) atoms. The van der Waals surface area contributed by atoms with Crippen molar-refractivity contribution in [2.45, 2.75) is 19.4 Å². The minimum Gasteiger partial charge on any atom is -0.389 e. The van der Waals surface area contributed by atoms with Crippen molar-refractivity contribution in [2.24, 2.45) is 0 Å². The van der Waals surface area contributed by atoms with Crippen LogP contribution in [0.5, 0.6) is 0 Å². The highest BCUT2D eigenvalue weighted by Crippen LogP contribution is 2.18. The zero-order chi connectivity index (χ0) is 15.6. The molecule has 0 aromatic heterocycles. The first-order valence-corrected chi connectivity index (χ1v) is 7.75. The molecule has 1 aliphatic heterocycles. The van der Waals surface area contributed by atoms with Gasteiger partial charge in [-0.25, -0.2) is 4.39 Å². The number of rotatable bonds is 3. The molecule has 1 aromatic carbocycles. The number of amides is 1. The van der Waals surface area contributed by atoms with E-state index in [1.807, 2.05) is 0 Å². The maximum Gasteiger partial charge on any atom is 0.256 e. The molecule has 1 saturated heterocycles. The second kappa shape index (κ2) is 6.42. The minimum absolute atomic E-state index is 0.106. The Kier molecular flexibility index (Phi) is 5.01. The zero-order valence-corrected chi connectivity index (χ0v) is 13.9. The Morgan fingerprint density at radius 2 is 1.95 bits per heavy atom. The van der Waals surface area contributed by atoms with E-state index in [2.05, 4.69) is 20.8 Å². The van der Waals surface area contributed by atoms with E-state index in [4.69, 9.17) is 0 Å². The molecule has 0 saturated carbocycles. The minimum atomic E-state index is -0.746. The van der Waals surface area contributed by atoms with Crippen molar-refractivity contribution in [1.29, 1.82) is 0 Å². The van der Waals surface area contributed by atoms with E-state index in [9.17, 15) is 14.3 Å². The van der Waals surface area contributed by atoms with Gasteiger partial charge in [-0.05, 0) is 32.0 Å². The van der Waals surface area contributed by atoms with Gasteiger partial charge in [0.15, 0.2) is 0 Å². The van der Waals surface area contributed by atoms with Gasteiger partial charge in [0, 0.05) is 37.2 Å². The van der Waals surface area contributed by atoms with Crippen LogP contribution >= 0.6 is 15.9 Å². The topological polar surface area (TPSA) is 43.8 Å². The van der Waals surface area contributed by atoms with Crippen LogP contribution in [0.15, 0.2) is 22.7 Å². The highest BCUT2D eigenvalue weighted by atomic mass is 79.9. The Morgan fingerprint density at radius 3 is 2.48 bits per heavy atom. The number of carbonyl (C=O) groups excluding carboxylic acids is 1. The molecule has 0 aliphatic carbocycles. The molecule has 1 aromatic rings. The largest absolute Gasteiger partial charge is 0.389 e. The number of hydrogen-bond donors (Lipinski definition) is 1. The molecule has 0 unspecified atom stereocenters. The molecule has 1 heterocycles. The number of halogens is 2. The third-order valence-corrected chi connectivity index (χ3v) is 3.92. The van der Waals surface area contributed by atoms with Crippen molar-refractivity contribution >= 4 is 21.8 Å². The molecule has 0 spiro atoms. The van der Waals surface area contributed by atoms with Gasteiger partial charge < -0.3 is 10.0 Å². The summed E-state index contributed by atoms with van der Waals surface area (Å²) in [5.41, 5.74) is -0.640. The van der Waals surface area contributed by atoms with Gasteiger partial charge in [-0.2, -0.15) is 0 Å². The van der Waals surface area contributed by atoms with E-state index in [0.717, 1.165) is 0 Å². The summed E-state index contributed by atoms with van der Waals surface area (Å²) in [6.07, 6.45) is 0. The second-order valence-corrected chi connectivity index (χ2v) is 6.92. The fourth-order valence-corrected chi connectivity index (χ4v) is 2.82. The standard InChI is InChI=1S/C15H20BrFN2O2/c1-15(2,21)10-18-5-7-19(8-6-18)14(20)12-4-3-11(16)9-13(12)17/h3-4,9,21H,5-8,10H2,1-2H3. The smallest absolute Gasteiger partial charge is 0.256 e. The molecule has 2 rings (SSSR count). The van der Waals surface area contributed by atoms with Crippen LogP contribution < -0.4 is 0 Å². The van der Waals surface area contributed by atoms with Crippen LogP contribution in [0.3, 0.4) is 0 Å².